The van der Waals surface area contributed by atoms with Crippen molar-refractivity contribution >= 4 is 23.9 Å². The lowest BCUT2D eigenvalue weighted by molar-refractivity contribution is -0.252. The van der Waals surface area contributed by atoms with Gasteiger partial charge in [0.15, 0.2) is 0 Å². The average molecular weight is 671 g/mol. The van der Waals surface area contributed by atoms with Crippen LogP contribution in [0.1, 0.15) is 131 Å². The van der Waals surface area contributed by atoms with Gasteiger partial charge in [0, 0.05) is 10.8 Å². The van der Waals surface area contributed by atoms with E-state index in [1.165, 1.54) is 32.6 Å². The van der Waals surface area contributed by atoms with E-state index in [0.717, 1.165) is 51.4 Å². The molecular weight excluding hydrogens is 608 g/mol. The normalized spacial score (nSPS) is 41.0. The Balaban J connectivity index is 1.36. The van der Waals surface area contributed by atoms with Crippen molar-refractivity contribution in [3.05, 3.63) is 12.2 Å². The second-order valence-electron chi connectivity index (χ2n) is 17.7. The number of fused-ring (bicyclic) bond motifs is 7. The quantitative estimate of drug-likeness (QED) is 0.131. The molecule has 270 valence electrons. The number of ether oxygens (including phenoxy) is 4. The fourth-order valence-electron chi connectivity index (χ4n) is 12.8. The smallest absolute Gasteiger partial charge is 0.306 e. The molecule has 0 heterocycles. The van der Waals surface area contributed by atoms with E-state index in [0.29, 0.717) is 36.2 Å². The zero-order valence-electron chi connectivity index (χ0n) is 31.0. The highest BCUT2D eigenvalue weighted by atomic mass is 16.5. The molecule has 5 rings (SSSR count). The van der Waals surface area contributed by atoms with E-state index in [9.17, 15) is 19.2 Å². The van der Waals surface area contributed by atoms with Crippen LogP contribution in [0.2, 0.25) is 0 Å². The molecule has 8 nitrogen and oxygen atoms in total. The average Bonchev–Trinajstić information content (AvgIpc) is 3.43. The van der Waals surface area contributed by atoms with Crippen molar-refractivity contribution < 1.29 is 38.1 Å². The minimum absolute atomic E-state index is 0.0448. The van der Waals surface area contributed by atoms with Crippen LogP contribution >= 0.6 is 0 Å². The molecule has 0 unspecified atom stereocenters. The summed E-state index contributed by atoms with van der Waals surface area (Å²) in [6.07, 6.45) is 10.9. The number of carbonyl (C=O) groups excluding carboxylic acids is 4. The summed E-state index contributed by atoms with van der Waals surface area (Å²) >= 11 is 0. The maximum atomic E-state index is 12.8. The fraction of sp³-hybridized carbons (Fsp3) is 0.850. The zero-order chi connectivity index (χ0) is 35.3. The van der Waals surface area contributed by atoms with Gasteiger partial charge in [0.2, 0.25) is 0 Å². The molecule has 0 radical (unpaired) electrons. The first-order chi connectivity index (χ1) is 22.5. The first-order valence-corrected chi connectivity index (χ1v) is 18.6. The van der Waals surface area contributed by atoms with Crippen LogP contribution in [0.5, 0.6) is 0 Å². The van der Waals surface area contributed by atoms with Crippen LogP contribution in [-0.4, -0.2) is 50.8 Å². The Bertz CT molecular complexity index is 1290. The highest BCUT2D eigenvalue weighted by molar-refractivity contribution is 5.78. The van der Waals surface area contributed by atoms with Gasteiger partial charge >= 0.3 is 23.9 Å². The maximum absolute atomic E-state index is 12.8. The third-order valence-electron chi connectivity index (χ3n) is 15.5. The molecule has 8 heteroatoms. The minimum Gasteiger partial charge on any atom is -0.469 e. The molecule has 0 bridgehead atoms. The van der Waals surface area contributed by atoms with E-state index in [-0.39, 0.29) is 82.7 Å². The number of hydrogen-bond acceptors (Lipinski definition) is 8. The number of methoxy groups -OCH3 is 2. The predicted molar refractivity (Wildman–Crippen MR) is 182 cm³/mol. The van der Waals surface area contributed by atoms with Crippen molar-refractivity contribution in [3.63, 3.8) is 0 Å². The fourth-order valence-corrected chi connectivity index (χ4v) is 12.8. The van der Waals surface area contributed by atoms with Crippen molar-refractivity contribution in [2.45, 2.75) is 138 Å². The molecule has 0 aliphatic heterocycles. The maximum Gasteiger partial charge on any atom is 0.306 e. The third-order valence-corrected chi connectivity index (χ3v) is 15.5. The number of allylic oxidation sites excluding steroid dienone is 1. The summed E-state index contributed by atoms with van der Waals surface area (Å²) in [5.74, 6) is 1.02. The highest BCUT2D eigenvalue weighted by Gasteiger charge is 2.71. The molecule has 0 N–H and O–H groups in total. The van der Waals surface area contributed by atoms with Crippen LogP contribution in [-0.2, 0) is 38.1 Å². The van der Waals surface area contributed by atoms with Gasteiger partial charge in [0.05, 0.1) is 46.5 Å². The largest absolute Gasteiger partial charge is 0.469 e. The lowest BCUT2D eigenvalue weighted by Gasteiger charge is -2.73. The SMILES string of the molecule is C=C(C)[C@@H]1CC[C@]2(COC(=O)CCC(=O)OC)CC[C@]3(C)[C@H](CC[C@H]4[C@@]5(C)CC[C@H](OC(=O)CCC(=O)OC)C(C)(C)[C@@H]5CC[C@]43C)[C@H]12. The topological polar surface area (TPSA) is 105 Å². The Morgan fingerprint density at radius 2 is 1.29 bits per heavy atom. The molecule has 5 fully saturated rings. The number of esters is 4. The summed E-state index contributed by atoms with van der Waals surface area (Å²) in [7, 11) is 2.68. The Kier molecular flexibility index (Phi) is 10.3. The summed E-state index contributed by atoms with van der Waals surface area (Å²) < 4.78 is 21.6. The minimum atomic E-state index is -0.387. The molecule has 0 amide bonds. The summed E-state index contributed by atoms with van der Waals surface area (Å²) in [6, 6.07) is 0. The molecule has 0 aromatic heterocycles. The monoisotopic (exact) mass is 670 g/mol. The van der Waals surface area contributed by atoms with Crippen LogP contribution < -0.4 is 0 Å². The summed E-state index contributed by atoms with van der Waals surface area (Å²) in [6.45, 7) is 19.5. The first kappa shape index (κ1) is 36.9. The molecular formula is C40H62O8. The summed E-state index contributed by atoms with van der Waals surface area (Å²) in [4.78, 5) is 48.9. The van der Waals surface area contributed by atoms with Crippen LogP contribution in [0.25, 0.3) is 0 Å². The van der Waals surface area contributed by atoms with Gasteiger partial charge in [-0.05, 0) is 117 Å². The van der Waals surface area contributed by atoms with Gasteiger partial charge < -0.3 is 18.9 Å². The van der Waals surface area contributed by atoms with E-state index < -0.39 is 0 Å². The van der Waals surface area contributed by atoms with Gasteiger partial charge in [-0.3, -0.25) is 19.2 Å². The van der Waals surface area contributed by atoms with E-state index in [2.05, 4.69) is 48.1 Å². The number of carbonyl (C=O) groups is 4. The van der Waals surface area contributed by atoms with Crippen molar-refractivity contribution in [2.75, 3.05) is 20.8 Å². The summed E-state index contributed by atoms with van der Waals surface area (Å²) in [5.41, 5.74) is 1.53. The van der Waals surface area contributed by atoms with Crippen LogP contribution in [0.15, 0.2) is 12.2 Å². The molecule has 10 atom stereocenters. The summed E-state index contributed by atoms with van der Waals surface area (Å²) in [5, 5.41) is 0. The van der Waals surface area contributed by atoms with Crippen molar-refractivity contribution in [2.24, 2.45) is 56.7 Å². The van der Waals surface area contributed by atoms with Gasteiger partial charge in [-0.2, -0.15) is 0 Å². The number of rotatable bonds is 10. The van der Waals surface area contributed by atoms with Gasteiger partial charge in [-0.1, -0.05) is 46.8 Å². The zero-order valence-corrected chi connectivity index (χ0v) is 31.0. The highest BCUT2D eigenvalue weighted by Crippen LogP contribution is 2.77. The molecule has 5 aliphatic carbocycles. The molecule has 0 spiro atoms. The molecule has 0 saturated heterocycles. The Hall–Kier alpha value is -2.38. The van der Waals surface area contributed by atoms with E-state index in [4.69, 9.17) is 18.9 Å². The van der Waals surface area contributed by atoms with Crippen molar-refractivity contribution in [1.29, 1.82) is 0 Å². The Labute approximate surface area is 288 Å². The molecule has 0 aromatic rings. The lowest BCUT2D eigenvalue weighted by Crippen LogP contribution is -2.67. The lowest BCUT2D eigenvalue weighted by atomic mass is 9.32. The van der Waals surface area contributed by atoms with E-state index in [1.807, 2.05) is 0 Å². The van der Waals surface area contributed by atoms with Crippen molar-refractivity contribution in [1.82, 2.24) is 0 Å². The standard InChI is InChI=1S/C40H62O8/c1-25(2)26-16-21-40(24-47-33(43)14-12-31(41)45-8)23-22-38(6)27(35(26)40)10-11-29-37(5)19-18-30(48-34(44)15-13-32(42)46-9)36(3,4)28(37)17-20-39(29,38)7/h26-30,35H,1,10-24H2,2-9H3/t26-,27+,28-,29-,30-,35-,37-,38+,39+,40+/m0/s1. The van der Waals surface area contributed by atoms with E-state index in [1.54, 1.807) is 0 Å². The molecule has 5 saturated carbocycles. The van der Waals surface area contributed by atoms with Crippen LogP contribution in [0.4, 0.5) is 0 Å². The molecule has 5 aliphatic rings. The molecule has 48 heavy (non-hydrogen) atoms. The first-order valence-electron chi connectivity index (χ1n) is 18.6. The van der Waals surface area contributed by atoms with Crippen LogP contribution in [0, 0.1) is 56.7 Å². The van der Waals surface area contributed by atoms with Gasteiger partial charge in [0.25, 0.3) is 0 Å². The second-order valence-corrected chi connectivity index (χ2v) is 17.7. The molecule has 0 aromatic carbocycles. The second kappa shape index (κ2) is 13.4. The van der Waals surface area contributed by atoms with Gasteiger partial charge in [0.1, 0.15) is 6.10 Å². The Morgan fingerprint density at radius 3 is 1.92 bits per heavy atom. The number of hydrogen-bond donors (Lipinski definition) is 0. The van der Waals surface area contributed by atoms with Crippen LogP contribution in [0.3, 0.4) is 0 Å². The Morgan fingerprint density at radius 1 is 0.667 bits per heavy atom. The van der Waals surface area contributed by atoms with Crippen molar-refractivity contribution in [3.8, 4) is 0 Å². The van der Waals surface area contributed by atoms with Gasteiger partial charge in [-0.25, -0.2) is 0 Å². The van der Waals surface area contributed by atoms with Gasteiger partial charge in [-0.15, -0.1) is 0 Å². The predicted octanol–water partition coefficient (Wildman–Crippen LogP) is 8.01. The van der Waals surface area contributed by atoms with E-state index >= 15 is 0 Å². The third kappa shape index (κ3) is 6.03.